The molecule has 3 heteroatoms. The number of rotatable bonds is 5. The lowest BCUT2D eigenvalue weighted by Gasteiger charge is -2.03. The summed E-state index contributed by atoms with van der Waals surface area (Å²) in [5.41, 5.74) is 5.18. The second-order valence-electron chi connectivity index (χ2n) is 5.81. The Labute approximate surface area is 129 Å². The molecule has 0 aliphatic heterocycles. The molecule has 0 spiro atoms. The molecule has 0 aliphatic rings. The molecule has 2 nitrogen and oxygen atoms in total. The second-order valence-corrected chi connectivity index (χ2v) is 10.6. The third-order valence-corrected chi connectivity index (χ3v) is 3.39. The van der Waals surface area contributed by atoms with E-state index in [1.54, 1.807) is 0 Å². The van der Waals surface area contributed by atoms with E-state index in [2.05, 4.69) is 53.0 Å². The van der Waals surface area contributed by atoms with Gasteiger partial charge in [0.05, 0.1) is 11.7 Å². The van der Waals surface area contributed by atoms with Crippen molar-refractivity contribution in [2.45, 2.75) is 38.9 Å². The zero-order valence-electron chi connectivity index (χ0n) is 13.1. The molecule has 1 aromatic carbocycles. The molecule has 0 unspecified atom stereocenters. The van der Waals surface area contributed by atoms with Crippen molar-refractivity contribution in [3.63, 3.8) is 0 Å². The second kappa shape index (κ2) is 8.98. The van der Waals surface area contributed by atoms with Gasteiger partial charge in [0.25, 0.3) is 0 Å². The summed E-state index contributed by atoms with van der Waals surface area (Å²) in [5.74, 6) is 5.84. The first-order chi connectivity index (χ1) is 10.0. The number of terminal acetylenes is 1. The van der Waals surface area contributed by atoms with Crippen molar-refractivity contribution < 1.29 is 0 Å². The standard InChI is InChI=1S/C18H22N2Si/c1-5-6-7-8-13-19-16-20-18-11-9-10-17(15-18)12-14-21(2,3)4/h1,9-11,15H,6-8,13H2,2-4H3. The summed E-state index contributed by atoms with van der Waals surface area (Å²) in [4.78, 5) is 8.35. The van der Waals surface area contributed by atoms with Gasteiger partial charge in [-0.15, -0.1) is 17.9 Å². The summed E-state index contributed by atoms with van der Waals surface area (Å²) in [7, 11) is -1.34. The normalized spacial score (nSPS) is 9.81. The van der Waals surface area contributed by atoms with Crippen LogP contribution in [-0.2, 0) is 0 Å². The van der Waals surface area contributed by atoms with Gasteiger partial charge in [0, 0.05) is 18.5 Å². The fourth-order valence-corrected chi connectivity index (χ4v) is 1.99. The number of benzene rings is 1. The van der Waals surface area contributed by atoms with Crippen LogP contribution in [0.2, 0.25) is 19.6 Å². The fourth-order valence-electron chi connectivity index (χ4n) is 1.47. The van der Waals surface area contributed by atoms with Gasteiger partial charge in [0.15, 0.2) is 0 Å². The van der Waals surface area contributed by atoms with Gasteiger partial charge in [-0.3, -0.25) is 0 Å². The van der Waals surface area contributed by atoms with Gasteiger partial charge in [-0.2, -0.15) is 4.99 Å². The summed E-state index contributed by atoms with van der Waals surface area (Å²) in [6, 6.07) is 10.6. The van der Waals surface area contributed by atoms with Crippen molar-refractivity contribution in [1.82, 2.24) is 0 Å². The monoisotopic (exact) mass is 294 g/mol. The van der Waals surface area contributed by atoms with E-state index in [0.717, 1.165) is 37.1 Å². The molecule has 0 saturated heterocycles. The first-order valence-corrected chi connectivity index (χ1v) is 10.7. The van der Waals surface area contributed by atoms with E-state index in [1.807, 2.05) is 24.3 Å². The van der Waals surface area contributed by atoms with Crippen molar-refractivity contribution in [2.24, 2.45) is 9.98 Å². The zero-order valence-corrected chi connectivity index (χ0v) is 14.1. The number of hydrogen-bond donors (Lipinski definition) is 0. The smallest absolute Gasteiger partial charge is 0.129 e. The average molecular weight is 294 g/mol. The summed E-state index contributed by atoms with van der Waals surface area (Å²) in [6.45, 7) is 7.42. The lowest BCUT2D eigenvalue weighted by atomic mass is 10.2. The summed E-state index contributed by atoms with van der Waals surface area (Å²) < 4.78 is 0. The first kappa shape index (κ1) is 17.0. The van der Waals surface area contributed by atoms with Crippen molar-refractivity contribution in [1.29, 1.82) is 0 Å². The molecular weight excluding hydrogens is 272 g/mol. The van der Waals surface area contributed by atoms with Gasteiger partial charge in [0.1, 0.15) is 8.07 Å². The maximum Gasteiger partial charge on any atom is 0.129 e. The topological polar surface area (TPSA) is 24.7 Å². The van der Waals surface area contributed by atoms with Crippen molar-refractivity contribution in [3.8, 4) is 23.8 Å². The molecule has 0 saturated carbocycles. The van der Waals surface area contributed by atoms with Gasteiger partial charge >= 0.3 is 0 Å². The zero-order chi connectivity index (χ0) is 15.6. The summed E-state index contributed by atoms with van der Waals surface area (Å²) >= 11 is 0. The number of hydrogen-bond acceptors (Lipinski definition) is 2. The predicted molar refractivity (Wildman–Crippen MR) is 93.7 cm³/mol. The molecule has 0 heterocycles. The Morgan fingerprint density at radius 1 is 1.19 bits per heavy atom. The highest BCUT2D eigenvalue weighted by molar-refractivity contribution is 6.83. The third-order valence-electron chi connectivity index (χ3n) is 2.52. The van der Waals surface area contributed by atoms with Crippen LogP contribution in [-0.4, -0.2) is 20.6 Å². The Bertz CT molecular complexity index is 615. The Kier molecular flexibility index (Phi) is 7.27. The summed E-state index contributed by atoms with van der Waals surface area (Å²) in [5, 5.41) is 0. The first-order valence-electron chi connectivity index (χ1n) is 7.20. The van der Waals surface area contributed by atoms with Crippen LogP contribution in [0.3, 0.4) is 0 Å². The third kappa shape index (κ3) is 8.66. The van der Waals surface area contributed by atoms with Crippen LogP contribution in [0.5, 0.6) is 0 Å². The summed E-state index contributed by atoms with van der Waals surface area (Å²) in [6.07, 6.45) is 7.98. The van der Waals surface area contributed by atoms with Crippen molar-refractivity contribution >= 4 is 19.8 Å². The number of nitrogens with zero attached hydrogens (tertiary/aromatic N) is 2. The SMILES string of the molecule is C#CCCCCN=C=Nc1cccc(C#C[Si](C)(C)C)c1. The molecule has 0 N–H and O–H groups in total. The van der Waals surface area contributed by atoms with E-state index < -0.39 is 8.07 Å². The van der Waals surface area contributed by atoms with Gasteiger partial charge in [-0.05, 0) is 31.0 Å². The number of aliphatic imine (C=N–C) groups is 2. The van der Waals surface area contributed by atoms with Crippen LogP contribution < -0.4 is 0 Å². The number of unbranched alkanes of at least 4 members (excludes halogenated alkanes) is 2. The van der Waals surface area contributed by atoms with Gasteiger partial charge in [0.2, 0.25) is 0 Å². The minimum absolute atomic E-state index is 0.723. The molecule has 0 amide bonds. The van der Waals surface area contributed by atoms with E-state index in [0.29, 0.717) is 0 Å². The Balaban J connectivity index is 2.62. The maximum absolute atomic E-state index is 5.19. The van der Waals surface area contributed by atoms with Crippen LogP contribution >= 0.6 is 0 Å². The molecule has 21 heavy (non-hydrogen) atoms. The highest BCUT2D eigenvalue weighted by atomic mass is 28.3. The molecule has 1 aromatic rings. The molecule has 108 valence electrons. The minimum Gasteiger partial charge on any atom is -0.225 e. The Morgan fingerprint density at radius 2 is 2.00 bits per heavy atom. The molecular formula is C18H22N2Si. The maximum atomic E-state index is 5.19. The Morgan fingerprint density at radius 3 is 2.71 bits per heavy atom. The highest BCUT2D eigenvalue weighted by Gasteiger charge is 2.07. The van der Waals surface area contributed by atoms with Crippen LogP contribution in [0.15, 0.2) is 34.3 Å². The quantitative estimate of drug-likeness (QED) is 0.330. The average Bonchev–Trinajstić information content (AvgIpc) is 2.44. The highest BCUT2D eigenvalue weighted by Crippen LogP contribution is 2.12. The van der Waals surface area contributed by atoms with Gasteiger partial charge in [-0.25, -0.2) is 4.99 Å². The lowest BCUT2D eigenvalue weighted by Crippen LogP contribution is -2.16. The van der Waals surface area contributed by atoms with E-state index >= 15 is 0 Å². The van der Waals surface area contributed by atoms with E-state index in [-0.39, 0.29) is 0 Å². The Hall–Kier alpha value is -2.06. The van der Waals surface area contributed by atoms with Crippen molar-refractivity contribution in [2.75, 3.05) is 6.54 Å². The largest absolute Gasteiger partial charge is 0.225 e. The van der Waals surface area contributed by atoms with Crippen LogP contribution in [0, 0.1) is 23.8 Å². The van der Waals surface area contributed by atoms with Crippen LogP contribution in [0.1, 0.15) is 24.8 Å². The van der Waals surface area contributed by atoms with Crippen LogP contribution in [0.4, 0.5) is 5.69 Å². The van der Waals surface area contributed by atoms with E-state index in [4.69, 9.17) is 6.42 Å². The molecule has 1 rings (SSSR count). The predicted octanol–water partition coefficient (Wildman–Crippen LogP) is 4.52. The molecule has 0 aliphatic carbocycles. The molecule has 0 atom stereocenters. The van der Waals surface area contributed by atoms with Gasteiger partial charge < -0.3 is 0 Å². The fraction of sp³-hybridized carbons (Fsp3) is 0.389. The minimum atomic E-state index is -1.34. The lowest BCUT2D eigenvalue weighted by molar-refractivity contribution is 0.771. The van der Waals surface area contributed by atoms with Crippen LogP contribution in [0.25, 0.3) is 0 Å². The molecule has 0 bridgehead atoms. The van der Waals surface area contributed by atoms with Gasteiger partial charge in [-0.1, -0.05) is 31.6 Å². The van der Waals surface area contributed by atoms with Crippen molar-refractivity contribution in [3.05, 3.63) is 29.8 Å². The molecule has 0 radical (unpaired) electrons. The molecule has 0 fully saturated rings. The molecule has 0 aromatic heterocycles. The van der Waals surface area contributed by atoms with E-state index in [1.165, 1.54) is 0 Å². The van der Waals surface area contributed by atoms with E-state index in [9.17, 15) is 0 Å².